The zero-order valence-electron chi connectivity index (χ0n) is 11.7. The second kappa shape index (κ2) is 5.54. The Morgan fingerprint density at radius 3 is 2.95 bits per heavy atom. The van der Waals surface area contributed by atoms with Gasteiger partial charge >= 0.3 is 0 Å². The van der Waals surface area contributed by atoms with E-state index in [2.05, 4.69) is 12.3 Å². The maximum absolute atomic E-state index is 13.7. The molecule has 0 bridgehead atoms. The quantitative estimate of drug-likeness (QED) is 0.660. The van der Waals surface area contributed by atoms with E-state index in [0.29, 0.717) is 17.4 Å². The van der Waals surface area contributed by atoms with E-state index in [9.17, 15) is 4.39 Å². The molecule has 20 heavy (non-hydrogen) atoms. The highest BCUT2D eigenvalue weighted by molar-refractivity contribution is 5.78. The number of furan rings is 1. The molecule has 0 aliphatic heterocycles. The zero-order valence-corrected chi connectivity index (χ0v) is 11.7. The lowest BCUT2D eigenvalue weighted by Crippen LogP contribution is -2.35. The van der Waals surface area contributed by atoms with Crippen LogP contribution in [0.5, 0.6) is 0 Å². The highest BCUT2D eigenvalue weighted by Crippen LogP contribution is 2.38. The molecular weight excluding hydrogens is 255 g/mol. The van der Waals surface area contributed by atoms with Crippen molar-refractivity contribution in [2.45, 2.75) is 38.6 Å². The van der Waals surface area contributed by atoms with Crippen LogP contribution >= 0.6 is 0 Å². The van der Waals surface area contributed by atoms with Gasteiger partial charge in [-0.05, 0) is 36.8 Å². The maximum atomic E-state index is 13.7. The first-order valence-corrected chi connectivity index (χ1v) is 7.33. The molecule has 3 nitrogen and oxygen atoms in total. The van der Waals surface area contributed by atoms with Crippen molar-refractivity contribution >= 4 is 11.0 Å². The third-order valence-corrected chi connectivity index (χ3v) is 4.45. The average Bonchev–Trinajstić information content (AvgIpc) is 2.85. The van der Waals surface area contributed by atoms with Gasteiger partial charge in [-0.2, -0.15) is 0 Å². The summed E-state index contributed by atoms with van der Waals surface area (Å²) in [5.74, 6) is 7.33. The predicted molar refractivity (Wildman–Crippen MR) is 77.4 cm³/mol. The van der Waals surface area contributed by atoms with Gasteiger partial charge in [0.2, 0.25) is 0 Å². The first-order chi connectivity index (χ1) is 9.69. The molecule has 1 aromatic heterocycles. The van der Waals surface area contributed by atoms with Crippen molar-refractivity contribution in [2.75, 3.05) is 0 Å². The van der Waals surface area contributed by atoms with Crippen LogP contribution in [0.4, 0.5) is 4.39 Å². The first kappa shape index (κ1) is 13.6. The lowest BCUT2D eigenvalue weighted by Gasteiger charge is -2.31. The molecule has 108 valence electrons. The van der Waals surface area contributed by atoms with Crippen LogP contribution in [0.25, 0.3) is 11.0 Å². The highest BCUT2D eigenvalue weighted by atomic mass is 19.1. The highest BCUT2D eigenvalue weighted by Gasteiger charge is 2.29. The zero-order chi connectivity index (χ0) is 14.1. The molecule has 0 spiro atoms. The molecule has 1 saturated carbocycles. The van der Waals surface area contributed by atoms with Crippen molar-refractivity contribution in [3.63, 3.8) is 0 Å². The average molecular weight is 276 g/mol. The summed E-state index contributed by atoms with van der Waals surface area (Å²) in [6.45, 7) is 2.28. The van der Waals surface area contributed by atoms with Crippen molar-refractivity contribution in [1.29, 1.82) is 0 Å². The molecule has 2 aromatic rings. The summed E-state index contributed by atoms with van der Waals surface area (Å²) >= 11 is 0. The minimum absolute atomic E-state index is 0.0375. The van der Waals surface area contributed by atoms with Crippen molar-refractivity contribution in [3.8, 4) is 0 Å². The Kier molecular flexibility index (Phi) is 3.76. The normalized spacial score (nSPS) is 24.9. The Labute approximate surface area is 118 Å². The molecule has 0 radical (unpaired) electrons. The van der Waals surface area contributed by atoms with E-state index < -0.39 is 0 Å². The van der Waals surface area contributed by atoms with Gasteiger partial charge in [-0.3, -0.25) is 5.84 Å². The lowest BCUT2D eigenvalue weighted by molar-refractivity contribution is 0.208. The number of halogens is 1. The SMILES string of the molecule is CC1CCCC(C(NN)c2cc3cccc(F)c3o2)C1. The number of hydrogen-bond acceptors (Lipinski definition) is 3. The molecule has 1 heterocycles. The Bertz CT molecular complexity index is 595. The number of fused-ring (bicyclic) bond motifs is 1. The summed E-state index contributed by atoms with van der Waals surface area (Å²) in [7, 11) is 0. The summed E-state index contributed by atoms with van der Waals surface area (Å²) in [5, 5.41) is 0.795. The van der Waals surface area contributed by atoms with E-state index in [-0.39, 0.29) is 11.9 Å². The molecule has 3 unspecified atom stereocenters. The van der Waals surface area contributed by atoms with Crippen LogP contribution in [0.3, 0.4) is 0 Å². The Hall–Kier alpha value is -1.39. The standard InChI is InChI=1S/C16H21FN2O/c1-10-4-2-5-11(8-10)15(19-18)14-9-12-6-3-7-13(17)16(12)20-14/h3,6-7,9-11,15,19H,2,4-5,8,18H2,1H3. The van der Waals surface area contributed by atoms with Gasteiger partial charge in [-0.1, -0.05) is 31.9 Å². The number of para-hydroxylation sites is 1. The van der Waals surface area contributed by atoms with Gasteiger partial charge in [0.25, 0.3) is 0 Å². The van der Waals surface area contributed by atoms with Gasteiger partial charge < -0.3 is 4.42 Å². The fourth-order valence-electron chi connectivity index (χ4n) is 3.44. The lowest BCUT2D eigenvalue weighted by atomic mass is 9.78. The summed E-state index contributed by atoms with van der Waals surface area (Å²) in [6.07, 6.45) is 4.77. The second-order valence-corrected chi connectivity index (χ2v) is 5.98. The number of hydrazine groups is 1. The molecule has 4 heteroatoms. The second-order valence-electron chi connectivity index (χ2n) is 5.98. The van der Waals surface area contributed by atoms with Gasteiger partial charge in [-0.25, -0.2) is 9.82 Å². The molecule has 1 fully saturated rings. The molecule has 0 amide bonds. The number of hydrogen-bond donors (Lipinski definition) is 2. The van der Waals surface area contributed by atoms with Crippen LogP contribution in [0.15, 0.2) is 28.7 Å². The van der Waals surface area contributed by atoms with Crippen LogP contribution in [0.1, 0.15) is 44.4 Å². The monoisotopic (exact) mass is 276 g/mol. The molecule has 3 rings (SSSR count). The van der Waals surface area contributed by atoms with Gasteiger partial charge in [0.05, 0.1) is 6.04 Å². The van der Waals surface area contributed by atoms with Crippen LogP contribution in [-0.2, 0) is 0 Å². The summed E-state index contributed by atoms with van der Waals surface area (Å²) in [6, 6.07) is 6.85. The molecule has 3 atom stereocenters. The van der Waals surface area contributed by atoms with E-state index in [0.717, 1.165) is 24.0 Å². The van der Waals surface area contributed by atoms with E-state index in [1.165, 1.54) is 18.9 Å². The smallest absolute Gasteiger partial charge is 0.169 e. The molecule has 1 aromatic carbocycles. The topological polar surface area (TPSA) is 51.2 Å². The third kappa shape index (κ3) is 2.45. The Morgan fingerprint density at radius 2 is 2.25 bits per heavy atom. The summed E-state index contributed by atoms with van der Waals surface area (Å²) in [4.78, 5) is 0. The fraction of sp³-hybridized carbons (Fsp3) is 0.500. The van der Waals surface area contributed by atoms with Gasteiger partial charge in [0.1, 0.15) is 5.76 Å². The van der Waals surface area contributed by atoms with Crippen LogP contribution in [-0.4, -0.2) is 0 Å². The molecule has 0 saturated heterocycles. The van der Waals surface area contributed by atoms with Crippen LogP contribution < -0.4 is 11.3 Å². The van der Waals surface area contributed by atoms with Crippen molar-refractivity contribution in [2.24, 2.45) is 17.7 Å². The Balaban J connectivity index is 1.92. The molecule has 3 N–H and O–H groups in total. The first-order valence-electron chi connectivity index (χ1n) is 7.33. The molecular formula is C16H21FN2O. The largest absolute Gasteiger partial charge is 0.456 e. The molecule has 1 aliphatic rings. The van der Waals surface area contributed by atoms with Crippen LogP contribution in [0, 0.1) is 17.7 Å². The minimum Gasteiger partial charge on any atom is -0.456 e. The van der Waals surface area contributed by atoms with E-state index in [1.54, 1.807) is 6.07 Å². The summed E-state index contributed by atoms with van der Waals surface area (Å²) in [5.41, 5.74) is 3.20. The third-order valence-electron chi connectivity index (χ3n) is 4.45. The number of rotatable bonds is 3. The van der Waals surface area contributed by atoms with Crippen LogP contribution in [0.2, 0.25) is 0 Å². The summed E-state index contributed by atoms with van der Waals surface area (Å²) < 4.78 is 19.4. The van der Waals surface area contributed by atoms with Gasteiger partial charge in [-0.15, -0.1) is 0 Å². The van der Waals surface area contributed by atoms with E-state index in [4.69, 9.17) is 10.3 Å². The maximum Gasteiger partial charge on any atom is 0.169 e. The van der Waals surface area contributed by atoms with Crippen molar-refractivity contribution in [3.05, 3.63) is 35.8 Å². The Morgan fingerprint density at radius 1 is 1.40 bits per heavy atom. The number of nitrogens with one attached hydrogen (secondary N) is 1. The van der Waals surface area contributed by atoms with E-state index in [1.807, 2.05) is 12.1 Å². The number of benzene rings is 1. The van der Waals surface area contributed by atoms with Gasteiger partial charge in [0.15, 0.2) is 11.4 Å². The van der Waals surface area contributed by atoms with E-state index >= 15 is 0 Å². The van der Waals surface area contributed by atoms with Crippen molar-refractivity contribution < 1.29 is 8.81 Å². The minimum atomic E-state index is -0.318. The van der Waals surface area contributed by atoms with Crippen molar-refractivity contribution in [1.82, 2.24) is 5.43 Å². The predicted octanol–water partition coefficient (Wildman–Crippen LogP) is 3.90. The van der Waals surface area contributed by atoms with Gasteiger partial charge in [0, 0.05) is 5.39 Å². The molecule has 1 aliphatic carbocycles. The number of nitrogens with two attached hydrogens (primary N) is 1. The fourth-order valence-corrected chi connectivity index (χ4v) is 3.44.